The largest absolute Gasteiger partial charge is 0.340 e. The Labute approximate surface area is 197 Å². The van der Waals surface area contributed by atoms with E-state index in [9.17, 15) is 21.6 Å². The van der Waals surface area contributed by atoms with Gasteiger partial charge in [-0.3, -0.25) is 4.79 Å². The van der Waals surface area contributed by atoms with E-state index in [4.69, 9.17) is 5.73 Å². The number of carbonyl (C=O) groups is 1. The maximum atomic E-state index is 13.6. The molecule has 1 aliphatic carbocycles. The summed E-state index contributed by atoms with van der Waals surface area (Å²) < 4.78 is 52.3. The fourth-order valence-corrected chi connectivity index (χ4v) is 8.41. The Morgan fingerprint density at radius 3 is 2.39 bits per heavy atom. The fourth-order valence-electron chi connectivity index (χ4n) is 5.59. The zero-order valence-electron chi connectivity index (χ0n) is 19.1. The molecule has 2 heterocycles. The summed E-state index contributed by atoms with van der Waals surface area (Å²) in [5, 5.41) is 0. The molecule has 0 spiro atoms. The van der Waals surface area contributed by atoms with Gasteiger partial charge in [-0.05, 0) is 36.0 Å². The van der Waals surface area contributed by atoms with Crippen LogP contribution in [0.2, 0.25) is 0 Å². The van der Waals surface area contributed by atoms with Gasteiger partial charge < -0.3 is 10.6 Å². The number of sulfone groups is 1. The number of rotatable bonds is 5. The van der Waals surface area contributed by atoms with Crippen LogP contribution in [0.5, 0.6) is 0 Å². The van der Waals surface area contributed by atoms with Crippen LogP contribution in [0.3, 0.4) is 0 Å². The van der Waals surface area contributed by atoms with Gasteiger partial charge >= 0.3 is 0 Å². The summed E-state index contributed by atoms with van der Waals surface area (Å²) >= 11 is 0. The van der Waals surface area contributed by atoms with Crippen LogP contribution in [0.4, 0.5) is 0 Å². The summed E-state index contributed by atoms with van der Waals surface area (Å²) in [4.78, 5) is 15.2. The summed E-state index contributed by atoms with van der Waals surface area (Å²) in [6.07, 6.45) is 6.32. The van der Waals surface area contributed by atoms with Gasteiger partial charge in [0.25, 0.3) is 0 Å². The molecule has 0 aromatic heterocycles. The maximum absolute atomic E-state index is 13.6. The summed E-state index contributed by atoms with van der Waals surface area (Å²) in [5.74, 6) is -0.0463. The number of nitrogens with two attached hydrogens (primary N) is 1. The summed E-state index contributed by atoms with van der Waals surface area (Å²) in [6, 6.07) is 6.71. The third-order valence-electron chi connectivity index (χ3n) is 7.54. The van der Waals surface area contributed by atoms with Crippen LogP contribution in [0, 0.1) is 17.8 Å². The van der Waals surface area contributed by atoms with Crippen molar-refractivity contribution in [3.63, 3.8) is 0 Å². The first-order valence-corrected chi connectivity index (χ1v) is 15.2. The highest BCUT2D eigenvalue weighted by Gasteiger charge is 2.42. The molecule has 184 valence electrons. The highest BCUT2D eigenvalue weighted by Crippen LogP contribution is 2.38. The quantitative estimate of drug-likeness (QED) is 0.660. The normalized spacial score (nSPS) is 27.4. The monoisotopic (exact) mass is 497 g/mol. The molecule has 3 aliphatic rings. The van der Waals surface area contributed by atoms with Crippen molar-refractivity contribution in [1.82, 2.24) is 9.21 Å². The molecular formula is C23H35N3O5S2. The van der Waals surface area contributed by atoms with E-state index >= 15 is 0 Å². The van der Waals surface area contributed by atoms with Crippen LogP contribution in [-0.2, 0) is 31.2 Å². The van der Waals surface area contributed by atoms with Crippen LogP contribution >= 0.6 is 0 Å². The van der Waals surface area contributed by atoms with Gasteiger partial charge in [0.05, 0.1) is 22.3 Å². The number of benzene rings is 1. The Hall–Kier alpha value is -1.49. The number of nitrogens with zero attached hydrogens (tertiary/aromatic N) is 2. The van der Waals surface area contributed by atoms with Crippen molar-refractivity contribution < 1.29 is 21.6 Å². The fraction of sp³-hybridized carbons (Fsp3) is 0.696. The van der Waals surface area contributed by atoms with Crippen LogP contribution < -0.4 is 5.73 Å². The molecule has 2 aliphatic heterocycles. The van der Waals surface area contributed by atoms with Gasteiger partial charge in [-0.25, -0.2) is 16.8 Å². The Morgan fingerprint density at radius 2 is 1.73 bits per heavy atom. The molecule has 8 nitrogen and oxygen atoms in total. The van der Waals surface area contributed by atoms with Gasteiger partial charge in [-0.15, -0.1) is 0 Å². The van der Waals surface area contributed by atoms with Crippen LogP contribution in [0.1, 0.15) is 44.1 Å². The maximum Gasteiger partial charge on any atom is 0.243 e. The third-order valence-corrected chi connectivity index (χ3v) is 11.0. The first-order valence-electron chi connectivity index (χ1n) is 12.0. The number of hydrogen-bond donors (Lipinski definition) is 1. The molecule has 33 heavy (non-hydrogen) atoms. The summed E-state index contributed by atoms with van der Waals surface area (Å²) in [6.45, 7) is 1.21. The number of carbonyl (C=O) groups excluding carboxylic acids is 1. The van der Waals surface area contributed by atoms with Gasteiger partial charge in [0.15, 0.2) is 9.84 Å². The molecule has 1 amide bonds. The first-order chi connectivity index (χ1) is 15.7. The lowest BCUT2D eigenvalue weighted by Gasteiger charge is -2.42. The second-order valence-corrected chi connectivity index (χ2v) is 14.0. The Morgan fingerprint density at radius 1 is 1.03 bits per heavy atom. The van der Waals surface area contributed by atoms with E-state index in [0.29, 0.717) is 18.9 Å². The van der Waals surface area contributed by atoms with Crippen LogP contribution in [-0.4, -0.2) is 69.6 Å². The average Bonchev–Trinajstić information content (AvgIpc) is 2.84. The molecule has 2 N–H and O–H groups in total. The zero-order chi connectivity index (χ0) is 23.6. The SMILES string of the molecule is NCc1cccc(S(=O)(=O)N2CC(C3CCCCC3)C[C@H](C(=O)N3CCS(=O)(=O)CC3)C2)c1. The predicted molar refractivity (Wildman–Crippen MR) is 126 cm³/mol. The predicted octanol–water partition coefficient (Wildman–Crippen LogP) is 1.61. The lowest BCUT2D eigenvalue weighted by atomic mass is 9.74. The molecular weight excluding hydrogens is 462 g/mol. The van der Waals surface area contributed by atoms with E-state index < -0.39 is 25.8 Å². The van der Waals surface area contributed by atoms with Gasteiger partial charge in [-0.2, -0.15) is 4.31 Å². The Bertz CT molecular complexity index is 1050. The van der Waals surface area contributed by atoms with E-state index in [1.54, 1.807) is 29.2 Å². The molecule has 1 unspecified atom stereocenters. The molecule has 2 atom stereocenters. The molecule has 0 bridgehead atoms. The summed E-state index contributed by atoms with van der Waals surface area (Å²) in [5.41, 5.74) is 6.47. The number of piperidine rings is 1. The van der Waals surface area contributed by atoms with Crippen molar-refractivity contribution >= 4 is 25.8 Å². The van der Waals surface area contributed by atoms with E-state index in [1.807, 2.05) is 0 Å². The van der Waals surface area contributed by atoms with Gasteiger partial charge in [-0.1, -0.05) is 44.2 Å². The van der Waals surface area contributed by atoms with Crippen molar-refractivity contribution in [3.05, 3.63) is 29.8 Å². The minimum absolute atomic E-state index is 0.0224. The van der Waals surface area contributed by atoms with Crippen LogP contribution in [0.25, 0.3) is 0 Å². The molecule has 4 rings (SSSR count). The first kappa shape index (κ1) is 24.6. The van der Waals surface area contributed by atoms with E-state index in [1.165, 1.54) is 10.7 Å². The zero-order valence-corrected chi connectivity index (χ0v) is 20.7. The highest BCUT2D eigenvalue weighted by atomic mass is 32.2. The Balaban J connectivity index is 1.58. The number of amides is 1. The number of sulfonamides is 1. The van der Waals surface area contributed by atoms with Gasteiger partial charge in [0, 0.05) is 32.7 Å². The highest BCUT2D eigenvalue weighted by molar-refractivity contribution is 7.91. The average molecular weight is 498 g/mol. The molecule has 1 saturated carbocycles. The van der Waals surface area contributed by atoms with Crippen molar-refractivity contribution in [2.75, 3.05) is 37.7 Å². The Kier molecular flexibility index (Phi) is 7.47. The topological polar surface area (TPSA) is 118 Å². The second kappa shape index (κ2) is 10.0. The third kappa shape index (κ3) is 5.61. The van der Waals surface area contributed by atoms with Crippen molar-refractivity contribution in [2.45, 2.75) is 50.0 Å². The molecule has 3 fully saturated rings. The molecule has 2 saturated heterocycles. The van der Waals surface area contributed by atoms with Crippen molar-refractivity contribution in [1.29, 1.82) is 0 Å². The molecule has 1 aromatic carbocycles. The lowest BCUT2D eigenvalue weighted by molar-refractivity contribution is -0.137. The van der Waals surface area contributed by atoms with Gasteiger partial charge in [0.1, 0.15) is 0 Å². The van der Waals surface area contributed by atoms with E-state index in [0.717, 1.165) is 31.2 Å². The number of hydrogen-bond acceptors (Lipinski definition) is 6. The molecule has 0 radical (unpaired) electrons. The minimum Gasteiger partial charge on any atom is -0.340 e. The van der Waals surface area contributed by atoms with E-state index in [-0.39, 0.29) is 54.4 Å². The van der Waals surface area contributed by atoms with Crippen molar-refractivity contribution in [2.24, 2.45) is 23.5 Å². The molecule has 10 heteroatoms. The standard InChI is InChI=1S/C23H35N3O5S2/c24-15-18-5-4-8-22(13-18)33(30,31)26-16-20(19-6-2-1-3-7-19)14-21(17-26)23(27)25-9-11-32(28,29)12-10-25/h4-5,8,13,19-21H,1-3,6-7,9-12,14-17,24H2/t20?,21-/m0/s1. The lowest BCUT2D eigenvalue weighted by Crippen LogP contribution is -2.53. The summed E-state index contributed by atoms with van der Waals surface area (Å²) in [7, 11) is -6.87. The van der Waals surface area contributed by atoms with E-state index in [2.05, 4.69) is 0 Å². The molecule has 1 aromatic rings. The minimum atomic E-state index is -3.77. The van der Waals surface area contributed by atoms with Crippen molar-refractivity contribution in [3.8, 4) is 0 Å². The van der Waals surface area contributed by atoms with Gasteiger partial charge in [0.2, 0.25) is 15.9 Å². The second-order valence-electron chi connectivity index (χ2n) is 9.74. The van der Waals surface area contributed by atoms with Crippen LogP contribution in [0.15, 0.2) is 29.2 Å². The smallest absolute Gasteiger partial charge is 0.243 e.